The number of rotatable bonds is 4. The molecule has 0 aromatic heterocycles. The van der Waals surface area contributed by atoms with Crippen LogP contribution in [0.1, 0.15) is 40.9 Å². The fourth-order valence-electron chi connectivity index (χ4n) is 3.37. The number of carbonyl (C=O) groups excluding carboxylic acids is 1. The molecule has 2 aromatic rings. The molecule has 3 rings (SSSR count). The van der Waals surface area contributed by atoms with Crippen LogP contribution >= 0.6 is 0 Å². The second-order valence-electron chi connectivity index (χ2n) is 6.78. The first-order valence-corrected chi connectivity index (χ1v) is 10.6. The minimum absolute atomic E-state index is 0.0488. The molecule has 0 saturated heterocycles. The molecule has 6 heteroatoms. The quantitative estimate of drug-likeness (QED) is 0.828. The number of hydrogen-bond acceptors (Lipinski definition) is 3. The maximum Gasteiger partial charge on any atom is 0.254 e. The van der Waals surface area contributed by atoms with Gasteiger partial charge in [0.05, 0.1) is 18.0 Å². The van der Waals surface area contributed by atoms with E-state index in [9.17, 15) is 13.2 Å². The second kappa shape index (κ2) is 7.11. The monoisotopic (exact) mass is 372 g/mol. The molecule has 0 saturated carbocycles. The van der Waals surface area contributed by atoms with Crippen molar-refractivity contribution in [3.8, 4) is 0 Å². The summed E-state index contributed by atoms with van der Waals surface area (Å²) in [5.74, 6) is -0.0689. The number of sulfonamides is 1. The topological polar surface area (TPSA) is 57.7 Å². The van der Waals surface area contributed by atoms with Crippen molar-refractivity contribution in [1.29, 1.82) is 0 Å². The van der Waals surface area contributed by atoms with Gasteiger partial charge in [-0.2, -0.15) is 0 Å². The van der Waals surface area contributed by atoms with Crippen molar-refractivity contribution in [3.05, 3.63) is 65.2 Å². The van der Waals surface area contributed by atoms with Crippen molar-refractivity contribution in [2.75, 3.05) is 24.2 Å². The fraction of sp³-hybridized carbons (Fsp3) is 0.350. The molecule has 0 bridgehead atoms. The third kappa shape index (κ3) is 3.60. The Morgan fingerprint density at radius 3 is 2.50 bits per heavy atom. The predicted octanol–water partition coefficient (Wildman–Crippen LogP) is 3.23. The largest absolute Gasteiger partial charge is 0.335 e. The molecule has 26 heavy (non-hydrogen) atoms. The summed E-state index contributed by atoms with van der Waals surface area (Å²) in [4.78, 5) is 14.6. The van der Waals surface area contributed by atoms with Crippen molar-refractivity contribution in [2.24, 2.45) is 0 Å². The number of anilines is 1. The van der Waals surface area contributed by atoms with Crippen molar-refractivity contribution >= 4 is 21.6 Å². The van der Waals surface area contributed by atoms with Crippen LogP contribution in [0.25, 0.3) is 0 Å². The lowest BCUT2D eigenvalue weighted by Gasteiger charge is -2.30. The maximum absolute atomic E-state index is 12.9. The predicted molar refractivity (Wildman–Crippen MR) is 104 cm³/mol. The summed E-state index contributed by atoms with van der Waals surface area (Å²) in [6.07, 6.45) is 2.75. The van der Waals surface area contributed by atoms with Gasteiger partial charge < -0.3 is 4.90 Å². The van der Waals surface area contributed by atoms with Gasteiger partial charge in [0.1, 0.15) is 0 Å². The van der Waals surface area contributed by atoms with E-state index in [0.717, 1.165) is 24.0 Å². The molecule has 1 aliphatic heterocycles. The Balaban J connectivity index is 1.87. The number of carbonyl (C=O) groups is 1. The third-order valence-electron chi connectivity index (χ3n) is 4.99. The first kappa shape index (κ1) is 18.5. The van der Waals surface area contributed by atoms with Crippen LogP contribution in [0.15, 0.2) is 48.5 Å². The highest BCUT2D eigenvalue weighted by Crippen LogP contribution is 2.30. The second-order valence-corrected chi connectivity index (χ2v) is 8.69. The van der Waals surface area contributed by atoms with Crippen LogP contribution in [0.2, 0.25) is 0 Å². The van der Waals surface area contributed by atoms with Gasteiger partial charge in [-0.25, -0.2) is 8.42 Å². The van der Waals surface area contributed by atoms with E-state index in [4.69, 9.17) is 0 Å². The highest BCUT2D eigenvalue weighted by atomic mass is 32.2. The Labute approximate surface area is 155 Å². The number of aryl methyl sites for hydroxylation is 1. The van der Waals surface area contributed by atoms with Gasteiger partial charge >= 0.3 is 0 Å². The van der Waals surface area contributed by atoms with E-state index in [2.05, 4.69) is 0 Å². The number of fused-ring (bicyclic) bond motifs is 1. The van der Waals surface area contributed by atoms with E-state index in [-0.39, 0.29) is 11.9 Å². The minimum atomic E-state index is -3.30. The van der Waals surface area contributed by atoms with E-state index in [1.54, 1.807) is 24.1 Å². The van der Waals surface area contributed by atoms with Crippen LogP contribution in [-0.4, -0.2) is 39.1 Å². The van der Waals surface area contributed by atoms with Crippen molar-refractivity contribution in [3.63, 3.8) is 0 Å². The summed E-state index contributed by atoms with van der Waals surface area (Å²) in [5.41, 5.74) is 3.26. The summed E-state index contributed by atoms with van der Waals surface area (Å²) >= 11 is 0. The van der Waals surface area contributed by atoms with Gasteiger partial charge in [-0.15, -0.1) is 0 Å². The molecule has 1 amide bonds. The average Bonchev–Trinajstić information content (AvgIpc) is 2.65. The Bertz CT molecular complexity index is 910. The van der Waals surface area contributed by atoms with Crippen LogP contribution in [0, 0.1) is 0 Å². The van der Waals surface area contributed by atoms with Crippen molar-refractivity contribution in [2.45, 2.75) is 25.8 Å². The smallest absolute Gasteiger partial charge is 0.254 e. The van der Waals surface area contributed by atoms with Crippen LogP contribution in [0.5, 0.6) is 0 Å². The number of amides is 1. The summed E-state index contributed by atoms with van der Waals surface area (Å²) in [5, 5.41) is 0. The molecule has 1 heterocycles. The third-order valence-corrected chi connectivity index (χ3v) is 6.17. The summed E-state index contributed by atoms with van der Waals surface area (Å²) < 4.78 is 25.4. The van der Waals surface area contributed by atoms with E-state index < -0.39 is 10.0 Å². The van der Waals surface area contributed by atoms with Crippen molar-refractivity contribution in [1.82, 2.24) is 4.90 Å². The lowest BCUT2D eigenvalue weighted by molar-refractivity contribution is 0.0742. The van der Waals surface area contributed by atoms with Gasteiger partial charge in [0.15, 0.2) is 0 Å². The number of hydrogen-bond donors (Lipinski definition) is 0. The Kier molecular flexibility index (Phi) is 5.05. The van der Waals surface area contributed by atoms with Crippen molar-refractivity contribution < 1.29 is 13.2 Å². The molecule has 1 aliphatic rings. The van der Waals surface area contributed by atoms with E-state index in [1.165, 1.54) is 10.6 Å². The molecule has 1 unspecified atom stereocenters. The number of benzene rings is 2. The van der Waals surface area contributed by atoms with Gasteiger partial charge in [0.2, 0.25) is 10.0 Å². The van der Waals surface area contributed by atoms with Crippen LogP contribution in [-0.2, 0) is 16.4 Å². The van der Waals surface area contributed by atoms with Crippen LogP contribution < -0.4 is 4.31 Å². The number of nitrogens with zero attached hydrogens (tertiary/aromatic N) is 2. The molecule has 1 atom stereocenters. The normalized spacial score (nSPS) is 15.3. The van der Waals surface area contributed by atoms with Gasteiger partial charge in [-0.3, -0.25) is 9.10 Å². The highest BCUT2D eigenvalue weighted by Gasteiger charge is 2.26. The molecule has 138 valence electrons. The zero-order valence-electron chi connectivity index (χ0n) is 15.3. The summed E-state index contributed by atoms with van der Waals surface area (Å²) in [6, 6.07) is 15.1. The minimum Gasteiger partial charge on any atom is -0.335 e. The lowest BCUT2D eigenvalue weighted by Crippen LogP contribution is -2.35. The molecule has 5 nitrogen and oxygen atoms in total. The fourth-order valence-corrected chi connectivity index (χ4v) is 4.37. The van der Waals surface area contributed by atoms with E-state index in [1.807, 2.05) is 43.3 Å². The Morgan fingerprint density at radius 2 is 1.85 bits per heavy atom. The first-order valence-electron chi connectivity index (χ1n) is 8.72. The highest BCUT2D eigenvalue weighted by molar-refractivity contribution is 7.92. The standard InChI is InChI=1S/C20H24N2O3S/c1-15(16-8-5-4-6-9-16)21(2)20(23)18-11-12-19-17(14-18)10-7-13-22(19)26(3,24)25/h4-6,8-9,11-12,14-15H,7,10,13H2,1-3H3. The molecular formula is C20H24N2O3S. The molecular weight excluding hydrogens is 348 g/mol. The first-order chi connectivity index (χ1) is 12.3. The SMILES string of the molecule is CC(c1ccccc1)N(C)C(=O)c1ccc2c(c1)CCCN2S(C)(=O)=O. The van der Waals surface area contributed by atoms with E-state index >= 15 is 0 Å². The van der Waals surface area contributed by atoms with Crippen LogP contribution in [0.4, 0.5) is 5.69 Å². The average molecular weight is 372 g/mol. The van der Waals surface area contributed by atoms with Gasteiger partial charge in [0, 0.05) is 19.2 Å². The molecule has 0 aliphatic carbocycles. The van der Waals surface area contributed by atoms with E-state index in [0.29, 0.717) is 17.8 Å². The maximum atomic E-state index is 12.9. The zero-order chi connectivity index (χ0) is 18.9. The Hall–Kier alpha value is -2.34. The molecule has 0 radical (unpaired) electrons. The van der Waals surface area contributed by atoms with Gasteiger partial charge in [-0.1, -0.05) is 30.3 Å². The Morgan fingerprint density at radius 1 is 1.15 bits per heavy atom. The van der Waals surface area contributed by atoms with Gasteiger partial charge in [0.25, 0.3) is 5.91 Å². The summed E-state index contributed by atoms with van der Waals surface area (Å²) in [6.45, 7) is 2.49. The van der Waals surface area contributed by atoms with Gasteiger partial charge in [-0.05, 0) is 49.1 Å². The lowest BCUT2D eigenvalue weighted by atomic mass is 9.99. The molecule has 0 spiro atoms. The van der Waals surface area contributed by atoms with Crippen LogP contribution in [0.3, 0.4) is 0 Å². The zero-order valence-corrected chi connectivity index (χ0v) is 16.2. The molecule has 0 fully saturated rings. The molecule has 0 N–H and O–H groups in total. The molecule has 2 aromatic carbocycles. The summed E-state index contributed by atoms with van der Waals surface area (Å²) in [7, 11) is -1.51.